The average Bonchev–Trinajstić information content (AvgIpc) is 2.85. The van der Waals surface area contributed by atoms with Crippen molar-refractivity contribution in [1.82, 2.24) is 0 Å². The van der Waals surface area contributed by atoms with Gasteiger partial charge in [0.25, 0.3) is 0 Å². The molecule has 3 rings (SSSR count). The van der Waals surface area contributed by atoms with Gasteiger partial charge in [-0.15, -0.1) is 0 Å². The van der Waals surface area contributed by atoms with E-state index in [1.54, 1.807) is 0 Å². The Bertz CT molecular complexity index is 697. The molecule has 28 heavy (non-hydrogen) atoms. The third-order valence-electron chi connectivity index (χ3n) is 6.07. The molecule has 5 nitrogen and oxygen atoms in total. The Kier molecular flexibility index (Phi) is 6.33. The Morgan fingerprint density at radius 1 is 1.14 bits per heavy atom. The minimum atomic E-state index is -0.448. The molecule has 1 saturated carbocycles. The van der Waals surface area contributed by atoms with Crippen LogP contribution in [0.2, 0.25) is 5.02 Å². The molecular weight excluding hydrogens is 378 g/mol. The van der Waals surface area contributed by atoms with Gasteiger partial charge >= 0.3 is 13.1 Å². The first-order valence-corrected chi connectivity index (χ1v) is 10.5. The molecule has 1 heterocycles. The van der Waals surface area contributed by atoms with Crippen LogP contribution in [-0.4, -0.2) is 37.0 Å². The van der Waals surface area contributed by atoms with Gasteiger partial charge in [-0.2, -0.15) is 0 Å². The number of benzene rings is 1. The topological polar surface area (TPSA) is 54.0 Å². The van der Waals surface area contributed by atoms with E-state index in [0.29, 0.717) is 17.4 Å². The van der Waals surface area contributed by atoms with Gasteiger partial charge in [-0.1, -0.05) is 17.7 Å². The zero-order chi connectivity index (χ0) is 20.5. The van der Waals surface area contributed by atoms with E-state index in [1.165, 1.54) is 0 Å². The third kappa shape index (κ3) is 4.50. The van der Waals surface area contributed by atoms with Crippen molar-refractivity contribution < 1.29 is 23.6 Å². The maximum Gasteiger partial charge on any atom is 0.494 e. The lowest BCUT2D eigenvalue weighted by Gasteiger charge is -2.32. The van der Waals surface area contributed by atoms with Crippen molar-refractivity contribution >= 4 is 30.2 Å². The Hall–Kier alpha value is -1.24. The van der Waals surface area contributed by atoms with Gasteiger partial charge in [0, 0.05) is 0 Å². The standard InChI is InChI=1S/C21H30BClO5/c1-6-25-19(24)14-7-10-16(11-8-14)26-18-12-9-15(13-17(18)23)22-27-20(2,3)21(4,5)28-22/h9,12-14,16H,6-8,10-11H2,1-5H3. The van der Waals surface area contributed by atoms with Crippen LogP contribution in [0.4, 0.5) is 0 Å². The van der Waals surface area contributed by atoms with Crippen molar-refractivity contribution in [3.63, 3.8) is 0 Å². The molecule has 2 fully saturated rings. The SMILES string of the molecule is CCOC(=O)C1CCC(Oc2ccc(B3OC(C)(C)C(C)(C)O3)cc2Cl)CC1. The summed E-state index contributed by atoms with van der Waals surface area (Å²) in [5, 5.41) is 0.541. The number of hydrogen-bond acceptors (Lipinski definition) is 5. The summed E-state index contributed by atoms with van der Waals surface area (Å²) in [4.78, 5) is 11.9. The van der Waals surface area contributed by atoms with Crippen molar-refractivity contribution in [2.75, 3.05) is 6.61 Å². The van der Waals surface area contributed by atoms with E-state index < -0.39 is 18.3 Å². The van der Waals surface area contributed by atoms with Crippen molar-refractivity contribution in [3.05, 3.63) is 23.2 Å². The van der Waals surface area contributed by atoms with Crippen LogP contribution in [0.25, 0.3) is 0 Å². The number of esters is 1. The minimum Gasteiger partial charge on any atom is -0.489 e. The highest BCUT2D eigenvalue weighted by molar-refractivity contribution is 6.62. The largest absolute Gasteiger partial charge is 0.494 e. The molecule has 1 aliphatic heterocycles. The van der Waals surface area contributed by atoms with Crippen molar-refractivity contribution in [3.8, 4) is 5.75 Å². The Labute approximate surface area is 173 Å². The number of halogens is 1. The van der Waals surface area contributed by atoms with Gasteiger partial charge in [-0.3, -0.25) is 4.79 Å². The summed E-state index contributed by atoms with van der Waals surface area (Å²) >= 11 is 6.48. The van der Waals surface area contributed by atoms with Gasteiger partial charge < -0.3 is 18.8 Å². The average molecular weight is 409 g/mol. The predicted molar refractivity (Wildman–Crippen MR) is 110 cm³/mol. The number of carbonyl (C=O) groups excluding carboxylic acids is 1. The van der Waals surface area contributed by atoms with Crippen LogP contribution in [0.5, 0.6) is 5.75 Å². The highest BCUT2D eigenvalue weighted by atomic mass is 35.5. The molecule has 0 aromatic heterocycles. The molecule has 0 unspecified atom stereocenters. The summed E-state index contributed by atoms with van der Waals surface area (Å²) < 4.78 is 23.4. The van der Waals surface area contributed by atoms with Crippen LogP contribution in [0.3, 0.4) is 0 Å². The molecule has 2 aliphatic rings. The summed E-state index contributed by atoms with van der Waals surface area (Å²) in [5.74, 6) is 0.549. The highest BCUT2D eigenvalue weighted by Crippen LogP contribution is 2.37. The van der Waals surface area contributed by atoms with Gasteiger partial charge in [0.05, 0.1) is 34.9 Å². The predicted octanol–water partition coefficient (Wildman–Crippen LogP) is 4.14. The fourth-order valence-corrected chi connectivity index (χ4v) is 3.83. The molecule has 7 heteroatoms. The number of carbonyl (C=O) groups is 1. The van der Waals surface area contributed by atoms with Gasteiger partial charge in [0.1, 0.15) is 5.75 Å². The molecule has 0 bridgehead atoms. The van der Waals surface area contributed by atoms with Crippen LogP contribution >= 0.6 is 11.6 Å². The second kappa shape index (κ2) is 8.25. The van der Waals surface area contributed by atoms with E-state index in [4.69, 9.17) is 30.4 Å². The first kappa shape index (κ1) is 21.5. The van der Waals surface area contributed by atoms with Crippen LogP contribution in [0.1, 0.15) is 60.3 Å². The summed E-state index contributed by atoms with van der Waals surface area (Å²) in [5.41, 5.74) is 0.0929. The van der Waals surface area contributed by atoms with E-state index in [2.05, 4.69) is 0 Å². The molecular formula is C21H30BClO5. The first-order valence-electron chi connectivity index (χ1n) is 10.1. The second-order valence-electron chi connectivity index (χ2n) is 8.62. The highest BCUT2D eigenvalue weighted by Gasteiger charge is 2.51. The number of rotatable bonds is 5. The Morgan fingerprint density at radius 2 is 1.75 bits per heavy atom. The lowest BCUT2D eigenvalue weighted by atomic mass is 9.79. The number of ether oxygens (including phenoxy) is 2. The maximum atomic E-state index is 11.9. The van der Waals surface area contributed by atoms with Crippen molar-refractivity contribution in [2.45, 2.75) is 77.6 Å². The third-order valence-corrected chi connectivity index (χ3v) is 6.36. The molecule has 0 atom stereocenters. The lowest BCUT2D eigenvalue weighted by molar-refractivity contribution is -0.149. The zero-order valence-electron chi connectivity index (χ0n) is 17.4. The van der Waals surface area contributed by atoms with Gasteiger partial charge in [-0.05, 0) is 77.9 Å². The van der Waals surface area contributed by atoms with Crippen LogP contribution in [-0.2, 0) is 18.8 Å². The van der Waals surface area contributed by atoms with E-state index in [9.17, 15) is 4.79 Å². The molecule has 0 spiro atoms. The molecule has 1 aliphatic carbocycles. The molecule has 1 aromatic carbocycles. The molecule has 0 amide bonds. The quantitative estimate of drug-likeness (QED) is 0.541. The van der Waals surface area contributed by atoms with Crippen molar-refractivity contribution in [1.29, 1.82) is 0 Å². The molecule has 0 N–H and O–H groups in total. The van der Waals surface area contributed by atoms with Gasteiger partial charge in [0.2, 0.25) is 0 Å². The van der Waals surface area contributed by atoms with Crippen LogP contribution in [0, 0.1) is 5.92 Å². The molecule has 1 saturated heterocycles. The smallest absolute Gasteiger partial charge is 0.489 e. The van der Waals surface area contributed by atoms with E-state index in [0.717, 1.165) is 31.1 Å². The van der Waals surface area contributed by atoms with E-state index >= 15 is 0 Å². The fraction of sp³-hybridized carbons (Fsp3) is 0.667. The Balaban J connectivity index is 1.59. The lowest BCUT2D eigenvalue weighted by Crippen LogP contribution is -2.41. The normalized spacial score (nSPS) is 26.1. The van der Waals surface area contributed by atoms with Gasteiger partial charge in [-0.25, -0.2) is 0 Å². The molecule has 1 aromatic rings. The van der Waals surface area contributed by atoms with E-state index in [1.807, 2.05) is 52.8 Å². The fourth-order valence-electron chi connectivity index (χ4n) is 3.59. The summed E-state index contributed by atoms with van der Waals surface area (Å²) in [6.07, 6.45) is 3.27. The summed E-state index contributed by atoms with van der Waals surface area (Å²) in [7, 11) is -0.448. The van der Waals surface area contributed by atoms with Crippen molar-refractivity contribution in [2.24, 2.45) is 5.92 Å². The number of hydrogen-bond donors (Lipinski definition) is 0. The molecule has 154 valence electrons. The monoisotopic (exact) mass is 408 g/mol. The summed E-state index contributed by atoms with van der Waals surface area (Å²) in [6, 6.07) is 5.66. The summed E-state index contributed by atoms with van der Waals surface area (Å²) in [6.45, 7) is 10.4. The van der Waals surface area contributed by atoms with Gasteiger partial charge in [0.15, 0.2) is 0 Å². The first-order chi connectivity index (χ1) is 13.1. The van der Waals surface area contributed by atoms with E-state index in [-0.39, 0.29) is 18.0 Å². The molecule has 0 radical (unpaired) electrons. The Morgan fingerprint density at radius 3 is 2.29 bits per heavy atom. The van der Waals surface area contributed by atoms with Crippen LogP contribution < -0.4 is 10.2 Å². The van der Waals surface area contributed by atoms with Crippen LogP contribution in [0.15, 0.2) is 18.2 Å². The minimum absolute atomic E-state index is 0.0129. The maximum absolute atomic E-state index is 11.9. The second-order valence-corrected chi connectivity index (χ2v) is 9.03. The zero-order valence-corrected chi connectivity index (χ0v) is 18.2.